The highest BCUT2D eigenvalue weighted by Crippen LogP contribution is 2.59. The summed E-state index contributed by atoms with van der Waals surface area (Å²) in [4.78, 5) is 2.46. The van der Waals surface area contributed by atoms with Gasteiger partial charge in [0, 0.05) is 32.3 Å². The Kier molecular flexibility index (Phi) is 8.87. The van der Waals surface area contributed by atoms with E-state index in [0.717, 1.165) is 111 Å². The minimum absolute atomic E-state index is 0.547. The first-order valence-corrected chi connectivity index (χ1v) is 24.9. The topological polar surface area (TPSA) is 41.8 Å². The van der Waals surface area contributed by atoms with E-state index in [1.807, 2.05) is 0 Å². The number of para-hydroxylation sites is 8. The van der Waals surface area contributed by atoms with Gasteiger partial charge in [-0.25, -0.2) is 0 Å². The van der Waals surface area contributed by atoms with Crippen LogP contribution >= 0.6 is 0 Å². The second-order valence-electron chi connectivity index (χ2n) is 19.1. The van der Waals surface area contributed by atoms with Crippen LogP contribution in [0.4, 0.5) is 17.1 Å². The van der Waals surface area contributed by atoms with Crippen molar-refractivity contribution < 1.29 is 0 Å². The summed E-state index contributed by atoms with van der Waals surface area (Å²) in [6.07, 6.45) is 0. The van der Waals surface area contributed by atoms with Crippen LogP contribution in [-0.4, -0.2) is 13.7 Å². The lowest BCUT2D eigenvalue weighted by Gasteiger charge is -2.47. The Morgan fingerprint density at radius 3 is 0.959 bits per heavy atom. The fourth-order valence-corrected chi connectivity index (χ4v) is 12.7. The summed E-state index contributed by atoms with van der Waals surface area (Å²) in [5.41, 5.74) is 16.1. The normalized spacial score (nSPS) is 13.0. The van der Waals surface area contributed by atoms with Gasteiger partial charge < -0.3 is 18.6 Å². The van der Waals surface area contributed by atoms with E-state index in [1.54, 1.807) is 0 Å². The Bertz CT molecular complexity index is 4340. The monoisotopic (exact) mass is 929 g/mol. The van der Waals surface area contributed by atoms with Gasteiger partial charge in [0.2, 0.25) is 0 Å². The van der Waals surface area contributed by atoms with E-state index in [-0.39, 0.29) is 0 Å². The lowest BCUT2D eigenvalue weighted by molar-refractivity contribution is 0.731. The molecule has 0 unspecified atom stereocenters. The van der Waals surface area contributed by atoms with Crippen molar-refractivity contribution >= 4 is 82.5 Å². The average molecular weight is 930 g/mol. The minimum atomic E-state index is -0.699. The molecule has 1 aliphatic rings. The highest BCUT2D eigenvalue weighted by Gasteiger charge is 2.47. The average Bonchev–Trinajstić information content (AvgIpc) is 4.10. The van der Waals surface area contributed by atoms with Gasteiger partial charge in [0.25, 0.3) is 0 Å². The molecular weight excluding hydrogens is 887 g/mol. The SMILES string of the molecule is N#Cc1c(-n2c3ccccc3c3ccccc32)c(N2c3ccccc3C(c3ccccc3)(c3ccccc3)c3ccccc32)cc(-n2c3ccccc3c3ccccc32)c1-n1c2ccccc2c2ccccc21. The van der Waals surface area contributed by atoms with E-state index in [9.17, 15) is 5.26 Å². The summed E-state index contributed by atoms with van der Waals surface area (Å²) in [6.45, 7) is 0. The maximum absolute atomic E-state index is 12.6. The molecule has 0 saturated heterocycles. The van der Waals surface area contributed by atoms with Crippen LogP contribution in [0.2, 0.25) is 0 Å². The van der Waals surface area contributed by atoms with Crippen LogP contribution in [0.5, 0.6) is 0 Å². The first kappa shape index (κ1) is 40.9. The maximum Gasteiger partial charge on any atom is 0.104 e. The summed E-state index contributed by atoms with van der Waals surface area (Å²) < 4.78 is 7.13. The molecule has 5 nitrogen and oxygen atoms in total. The molecule has 0 radical (unpaired) electrons. The number of nitrogens with zero attached hydrogens (tertiary/aromatic N) is 5. The van der Waals surface area contributed by atoms with Crippen molar-refractivity contribution in [1.82, 2.24) is 13.7 Å². The lowest BCUT2D eigenvalue weighted by atomic mass is 9.62. The van der Waals surface area contributed by atoms with E-state index >= 15 is 0 Å². The molecular formula is C68H43N5. The van der Waals surface area contributed by atoms with Crippen LogP contribution in [0.1, 0.15) is 27.8 Å². The Balaban J connectivity index is 1.19. The Morgan fingerprint density at radius 1 is 0.288 bits per heavy atom. The van der Waals surface area contributed by atoms with Gasteiger partial charge in [-0.2, -0.15) is 5.26 Å². The summed E-state index contributed by atoms with van der Waals surface area (Å²) in [5.74, 6) is 0. The van der Waals surface area contributed by atoms with Crippen LogP contribution < -0.4 is 4.90 Å². The zero-order valence-electron chi connectivity index (χ0n) is 39.6. The Labute approximate surface area is 421 Å². The minimum Gasteiger partial charge on any atom is -0.308 e. The number of hydrogen-bond donors (Lipinski definition) is 0. The van der Waals surface area contributed by atoms with Crippen molar-refractivity contribution in [1.29, 1.82) is 5.26 Å². The predicted molar refractivity (Wildman–Crippen MR) is 301 cm³/mol. The highest BCUT2D eigenvalue weighted by molar-refractivity contribution is 6.14. The molecule has 340 valence electrons. The number of hydrogen-bond acceptors (Lipinski definition) is 2. The zero-order chi connectivity index (χ0) is 48.2. The van der Waals surface area contributed by atoms with Gasteiger partial charge in [0.1, 0.15) is 11.6 Å². The summed E-state index contributed by atoms with van der Waals surface area (Å²) in [5, 5.41) is 19.4. The standard InChI is InChI=1S/C68H43N5/c69-44-53-66(72-58-37-17-9-29-49(58)50-30-10-18-38-59(50)72)64(70-56-35-15-7-27-47(56)48-28-8-16-36-57(48)70)43-65(67(53)73-60-39-19-11-31-51(60)52-32-12-20-40-61(52)73)71-62-41-21-13-33-54(62)68(45-23-3-1-4-24-45,46-25-5-2-6-26-46)55-34-14-22-42-63(55)71/h1-43H. The molecule has 0 atom stereocenters. The molecule has 0 bridgehead atoms. The third-order valence-electron chi connectivity index (χ3n) is 15.5. The molecule has 0 amide bonds. The van der Waals surface area contributed by atoms with Crippen LogP contribution in [0.15, 0.2) is 261 Å². The molecule has 15 rings (SSSR count). The number of nitriles is 1. The number of benzene rings is 11. The van der Waals surface area contributed by atoms with Gasteiger partial charge in [-0.3, -0.25) is 0 Å². The molecule has 3 aromatic heterocycles. The fraction of sp³-hybridized carbons (Fsp3) is 0.0147. The summed E-state index contributed by atoms with van der Waals surface area (Å²) in [6, 6.07) is 97.1. The van der Waals surface area contributed by atoms with Gasteiger partial charge in [0.05, 0.1) is 72.6 Å². The van der Waals surface area contributed by atoms with Crippen molar-refractivity contribution in [2.75, 3.05) is 4.90 Å². The molecule has 0 aliphatic carbocycles. The molecule has 11 aromatic carbocycles. The molecule has 1 aliphatic heterocycles. The van der Waals surface area contributed by atoms with Gasteiger partial charge in [-0.15, -0.1) is 0 Å². The number of fused-ring (bicyclic) bond motifs is 11. The second kappa shape index (κ2) is 15.8. The van der Waals surface area contributed by atoms with Crippen molar-refractivity contribution in [3.8, 4) is 23.1 Å². The van der Waals surface area contributed by atoms with Crippen LogP contribution in [-0.2, 0) is 5.41 Å². The molecule has 14 aromatic rings. The number of aromatic nitrogens is 3. The summed E-state index contributed by atoms with van der Waals surface area (Å²) in [7, 11) is 0. The van der Waals surface area contributed by atoms with Crippen LogP contribution in [0.25, 0.3) is 82.5 Å². The van der Waals surface area contributed by atoms with Crippen LogP contribution in [0.3, 0.4) is 0 Å². The van der Waals surface area contributed by atoms with E-state index in [4.69, 9.17) is 0 Å². The predicted octanol–water partition coefficient (Wildman–Crippen LogP) is 17.0. The van der Waals surface area contributed by atoms with E-state index < -0.39 is 5.41 Å². The molecule has 4 heterocycles. The first-order chi connectivity index (χ1) is 36.3. The third-order valence-corrected chi connectivity index (χ3v) is 15.5. The van der Waals surface area contributed by atoms with Gasteiger partial charge in [0.15, 0.2) is 0 Å². The molecule has 73 heavy (non-hydrogen) atoms. The van der Waals surface area contributed by atoms with Crippen molar-refractivity contribution in [2.24, 2.45) is 0 Å². The van der Waals surface area contributed by atoms with Crippen molar-refractivity contribution in [3.63, 3.8) is 0 Å². The molecule has 0 N–H and O–H groups in total. The van der Waals surface area contributed by atoms with Gasteiger partial charge in [-0.05, 0) is 76.9 Å². The first-order valence-electron chi connectivity index (χ1n) is 24.9. The number of anilines is 3. The molecule has 5 heteroatoms. The molecule has 0 spiro atoms. The lowest BCUT2D eigenvalue weighted by Crippen LogP contribution is -2.38. The number of rotatable bonds is 6. The molecule has 0 saturated carbocycles. The fourth-order valence-electron chi connectivity index (χ4n) is 12.7. The molecule has 0 fully saturated rings. The summed E-state index contributed by atoms with van der Waals surface area (Å²) >= 11 is 0. The van der Waals surface area contributed by atoms with Crippen molar-refractivity contribution in [2.45, 2.75) is 5.41 Å². The van der Waals surface area contributed by atoms with Gasteiger partial charge >= 0.3 is 0 Å². The smallest absolute Gasteiger partial charge is 0.104 e. The Hall–Kier alpha value is -9.89. The van der Waals surface area contributed by atoms with E-state index in [0.29, 0.717) is 5.56 Å². The third kappa shape index (κ3) is 5.60. The largest absolute Gasteiger partial charge is 0.308 e. The quantitative estimate of drug-likeness (QED) is 0.167. The van der Waals surface area contributed by atoms with E-state index in [1.165, 1.54) is 11.1 Å². The highest BCUT2D eigenvalue weighted by atomic mass is 15.2. The van der Waals surface area contributed by atoms with E-state index in [2.05, 4.69) is 286 Å². The Morgan fingerprint density at radius 2 is 0.589 bits per heavy atom. The zero-order valence-corrected chi connectivity index (χ0v) is 39.6. The van der Waals surface area contributed by atoms with Gasteiger partial charge in [-0.1, -0.05) is 206 Å². The second-order valence-corrected chi connectivity index (χ2v) is 19.1. The van der Waals surface area contributed by atoms with Crippen molar-refractivity contribution in [3.05, 3.63) is 289 Å². The maximum atomic E-state index is 12.6. The van der Waals surface area contributed by atoms with Crippen LogP contribution in [0, 0.1) is 11.3 Å².